The van der Waals surface area contributed by atoms with Crippen molar-refractivity contribution in [3.63, 3.8) is 0 Å². The molecule has 0 aromatic rings. The van der Waals surface area contributed by atoms with Crippen molar-refractivity contribution >= 4 is 5.97 Å². The van der Waals surface area contributed by atoms with Crippen LogP contribution in [0.5, 0.6) is 0 Å². The molecule has 4 nitrogen and oxygen atoms in total. The highest BCUT2D eigenvalue weighted by molar-refractivity contribution is 5.76. The molecule has 2 heterocycles. The molecule has 0 aromatic carbocycles. The fourth-order valence-corrected chi connectivity index (χ4v) is 3.92. The first-order valence-electron chi connectivity index (χ1n) is 8.06. The normalized spacial score (nSPS) is 36.6. The molecule has 3 atom stereocenters. The molecule has 0 amide bonds. The molecule has 0 spiro atoms. The number of fused-ring (bicyclic) bond motifs is 2. The molecule has 3 fully saturated rings. The van der Waals surface area contributed by atoms with Crippen LogP contribution in [0.2, 0.25) is 0 Å². The molecule has 3 rings (SSSR count). The molecular formula is C16H27NO3. The summed E-state index contributed by atoms with van der Waals surface area (Å²) in [5.41, 5.74) is -0.691. The highest BCUT2D eigenvalue weighted by atomic mass is 16.5. The van der Waals surface area contributed by atoms with Crippen molar-refractivity contribution in [2.45, 2.75) is 70.1 Å². The highest BCUT2D eigenvalue weighted by Crippen LogP contribution is 2.42. The molecule has 0 aromatic heterocycles. The number of carbonyl (C=O) groups excluding carboxylic acids is 1. The van der Waals surface area contributed by atoms with Gasteiger partial charge in [0.1, 0.15) is 6.10 Å². The minimum Gasteiger partial charge on any atom is -0.462 e. The molecule has 1 N–H and O–H groups in total. The summed E-state index contributed by atoms with van der Waals surface area (Å²) < 4.78 is 5.78. The summed E-state index contributed by atoms with van der Waals surface area (Å²) in [4.78, 5) is 14.9. The summed E-state index contributed by atoms with van der Waals surface area (Å²) in [5, 5.41) is 9.61. The Bertz CT molecular complexity index is 368. The minimum absolute atomic E-state index is 0.0567. The van der Waals surface area contributed by atoms with Crippen molar-refractivity contribution in [2.75, 3.05) is 13.7 Å². The second-order valence-corrected chi connectivity index (χ2v) is 7.42. The van der Waals surface area contributed by atoms with E-state index in [-0.39, 0.29) is 18.7 Å². The predicted octanol–water partition coefficient (Wildman–Crippen LogP) is 1.95. The lowest BCUT2D eigenvalue weighted by molar-refractivity contribution is -0.167. The van der Waals surface area contributed by atoms with Gasteiger partial charge in [-0.05, 0) is 52.0 Å². The van der Waals surface area contributed by atoms with Gasteiger partial charge in [0.15, 0.2) is 0 Å². The average molecular weight is 281 g/mol. The van der Waals surface area contributed by atoms with E-state index in [1.807, 2.05) is 6.92 Å². The zero-order valence-electron chi connectivity index (χ0n) is 12.7. The van der Waals surface area contributed by atoms with Crippen LogP contribution in [0, 0.1) is 11.3 Å². The van der Waals surface area contributed by atoms with Crippen LogP contribution in [0.3, 0.4) is 0 Å². The van der Waals surface area contributed by atoms with Crippen LogP contribution in [-0.4, -0.2) is 47.8 Å². The van der Waals surface area contributed by atoms with Crippen molar-refractivity contribution < 1.29 is 14.6 Å². The Labute approximate surface area is 121 Å². The molecule has 1 saturated carbocycles. The highest BCUT2D eigenvalue weighted by Gasteiger charge is 2.44. The topological polar surface area (TPSA) is 49.8 Å². The van der Waals surface area contributed by atoms with Gasteiger partial charge in [0, 0.05) is 12.1 Å². The summed E-state index contributed by atoms with van der Waals surface area (Å²) in [7, 11) is 2.19. The second-order valence-electron chi connectivity index (χ2n) is 7.42. The third-order valence-electron chi connectivity index (χ3n) is 5.61. The molecular weight excluding hydrogens is 254 g/mol. The first-order valence-corrected chi connectivity index (χ1v) is 8.06. The smallest absolute Gasteiger partial charge is 0.314 e. The van der Waals surface area contributed by atoms with Gasteiger partial charge in [0.05, 0.1) is 12.0 Å². The van der Waals surface area contributed by atoms with E-state index in [9.17, 15) is 9.90 Å². The lowest BCUT2D eigenvalue weighted by atomic mass is 9.85. The number of piperidine rings is 1. The molecule has 3 aliphatic rings. The maximum Gasteiger partial charge on any atom is 0.314 e. The first kappa shape index (κ1) is 14.3. The van der Waals surface area contributed by atoms with Crippen LogP contribution < -0.4 is 0 Å². The number of hydrogen-bond donors (Lipinski definition) is 1. The number of carbonyl (C=O) groups is 1. The van der Waals surface area contributed by atoms with Crippen LogP contribution in [0.1, 0.15) is 51.9 Å². The van der Waals surface area contributed by atoms with Crippen molar-refractivity contribution in [2.24, 2.45) is 11.3 Å². The molecule has 2 aliphatic heterocycles. The molecule has 2 saturated heterocycles. The standard InChI is InChI=1S/C16H27NO3/c1-16(10-18,9-11-3-4-11)15(19)20-14-7-12-5-6-13(8-14)17(12)2/h11-14,18H,3-10H2,1-2H3. The Balaban J connectivity index is 1.58. The van der Waals surface area contributed by atoms with Crippen LogP contribution in [0.15, 0.2) is 0 Å². The Morgan fingerprint density at radius 3 is 2.35 bits per heavy atom. The number of nitrogens with zero attached hydrogens (tertiary/aromatic N) is 1. The van der Waals surface area contributed by atoms with E-state index < -0.39 is 5.41 Å². The van der Waals surface area contributed by atoms with E-state index in [1.165, 1.54) is 25.7 Å². The Kier molecular flexibility index (Phi) is 3.80. The quantitative estimate of drug-likeness (QED) is 0.783. The van der Waals surface area contributed by atoms with E-state index in [1.54, 1.807) is 0 Å². The van der Waals surface area contributed by atoms with Gasteiger partial charge < -0.3 is 14.7 Å². The summed E-state index contributed by atoms with van der Waals surface area (Å²) in [6, 6.07) is 1.16. The Morgan fingerprint density at radius 2 is 1.85 bits per heavy atom. The van der Waals surface area contributed by atoms with Crippen LogP contribution >= 0.6 is 0 Å². The zero-order chi connectivity index (χ0) is 14.3. The number of aliphatic hydroxyl groups is 1. The number of rotatable bonds is 5. The van der Waals surface area contributed by atoms with Crippen molar-refractivity contribution in [3.8, 4) is 0 Å². The lowest BCUT2D eigenvalue weighted by Gasteiger charge is -2.37. The average Bonchev–Trinajstić information content (AvgIpc) is 3.20. The van der Waals surface area contributed by atoms with Gasteiger partial charge in [-0.25, -0.2) is 0 Å². The second kappa shape index (κ2) is 5.30. The van der Waals surface area contributed by atoms with Crippen molar-refractivity contribution in [1.82, 2.24) is 4.90 Å². The predicted molar refractivity (Wildman–Crippen MR) is 76.2 cm³/mol. The van der Waals surface area contributed by atoms with Crippen LogP contribution in [0.25, 0.3) is 0 Å². The number of ether oxygens (including phenoxy) is 1. The Morgan fingerprint density at radius 1 is 1.25 bits per heavy atom. The third kappa shape index (κ3) is 2.73. The van der Waals surface area contributed by atoms with Gasteiger partial charge in [-0.3, -0.25) is 4.79 Å². The summed E-state index contributed by atoms with van der Waals surface area (Å²) in [6.07, 6.45) is 7.61. The molecule has 4 heteroatoms. The van der Waals surface area contributed by atoms with E-state index in [2.05, 4.69) is 11.9 Å². The number of esters is 1. The fourth-order valence-electron chi connectivity index (χ4n) is 3.92. The maximum atomic E-state index is 12.4. The number of hydrogen-bond acceptors (Lipinski definition) is 4. The van der Waals surface area contributed by atoms with E-state index in [0.717, 1.165) is 19.3 Å². The van der Waals surface area contributed by atoms with Gasteiger partial charge in [0.25, 0.3) is 0 Å². The van der Waals surface area contributed by atoms with Crippen molar-refractivity contribution in [3.05, 3.63) is 0 Å². The zero-order valence-corrected chi connectivity index (χ0v) is 12.7. The van der Waals surface area contributed by atoms with E-state index >= 15 is 0 Å². The number of aliphatic hydroxyl groups excluding tert-OH is 1. The molecule has 20 heavy (non-hydrogen) atoms. The minimum atomic E-state index is -0.691. The molecule has 1 aliphatic carbocycles. The maximum absolute atomic E-state index is 12.4. The monoisotopic (exact) mass is 281 g/mol. The van der Waals surface area contributed by atoms with Crippen LogP contribution in [-0.2, 0) is 9.53 Å². The molecule has 114 valence electrons. The van der Waals surface area contributed by atoms with Gasteiger partial charge in [-0.2, -0.15) is 0 Å². The first-order chi connectivity index (χ1) is 9.51. The van der Waals surface area contributed by atoms with E-state index in [0.29, 0.717) is 18.0 Å². The van der Waals surface area contributed by atoms with E-state index in [4.69, 9.17) is 4.74 Å². The van der Waals surface area contributed by atoms with Gasteiger partial charge in [-0.1, -0.05) is 12.8 Å². The third-order valence-corrected chi connectivity index (χ3v) is 5.61. The van der Waals surface area contributed by atoms with Crippen molar-refractivity contribution in [1.29, 1.82) is 0 Å². The van der Waals surface area contributed by atoms with Gasteiger partial charge in [-0.15, -0.1) is 0 Å². The van der Waals surface area contributed by atoms with Crippen LogP contribution in [0.4, 0.5) is 0 Å². The molecule has 2 bridgehead atoms. The summed E-state index contributed by atoms with van der Waals surface area (Å²) in [6.45, 7) is 1.76. The SMILES string of the molecule is CN1C2CCC1CC(OC(=O)C(C)(CO)CC1CC1)C2. The van der Waals surface area contributed by atoms with Gasteiger partial charge >= 0.3 is 5.97 Å². The molecule has 0 radical (unpaired) electrons. The largest absolute Gasteiger partial charge is 0.462 e. The van der Waals surface area contributed by atoms with Gasteiger partial charge in [0.2, 0.25) is 0 Å². The molecule has 3 unspecified atom stereocenters. The summed E-state index contributed by atoms with van der Waals surface area (Å²) in [5.74, 6) is 0.439. The lowest BCUT2D eigenvalue weighted by Crippen LogP contribution is -2.45. The fraction of sp³-hybridized carbons (Fsp3) is 0.938. The summed E-state index contributed by atoms with van der Waals surface area (Å²) >= 11 is 0. The Hall–Kier alpha value is -0.610.